The lowest BCUT2D eigenvalue weighted by Crippen LogP contribution is -2.43. The normalized spacial score (nSPS) is 13.0. The lowest BCUT2D eigenvalue weighted by molar-refractivity contribution is 0.0271. The molecular weight excluding hydrogens is 606 g/mol. The molecule has 246 valence electrons. The Balaban J connectivity index is 1.02. The highest BCUT2D eigenvalue weighted by Gasteiger charge is 2.19. The van der Waals surface area contributed by atoms with Crippen LogP contribution >= 0.6 is 0 Å². The van der Waals surface area contributed by atoms with Gasteiger partial charge in [-0.05, 0) is 48.5 Å². The first kappa shape index (κ1) is 31.4. The summed E-state index contributed by atoms with van der Waals surface area (Å²) < 4.78 is 23.9. The van der Waals surface area contributed by atoms with Crippen LogP contribution in [0.5, 0.6) is 23.0 Å². The second-order valence-corrected chi connectivity index (χ2v) is 11.9. The predicted octanol–water partition coefficient (Wildman–Crippen LogP) is 6.52. The molecule has 0 aliphatic heterocycles. The summed E-state index contributed by atoms with van der Waals surface area (Å²) in [5.41, 5.74) is 4.01. The van der Waals surface area contributed by atoms with Crippen LogP contribution in [-0.2, 0) is 0 Å². The van der Waals surface area contributed by atoms with Crippen molar-refractivity contribution < 1.29 is 29.2 Å². The summed E-state index contributed by atoms with van der Waals surface area (Å²) in [5.74, 6) is 2.68. The predicted molar refractivity (Wildman–Crippen MR) is 190 cm³/mol. The highest BCUT2D eigenvalue weighted by Crippen LogP contribution is 2.34. The molecule has 0 radical (unpaired) electrons. The number of aromatic nitrogens is 2. The molecule has 0 fully saturated rings. The van der Waals surface area contributed by atoms with Crippen molar-refractivity contribution in [2.75, 3.05) is 46.6 Å². The number of para-hydroxylation sites is 4. The van der Waals surface area contributed by atoms with Gasteiger partial charge in [-0.15, -0.1) is 0 Å². The van der Waals surface area contributed by atoms with Crippen LogP contribution < -0.4 is 18.9 Å². The molecule has 2 unspecified atom stereocenters. The lowest BCUT2D eigenvalue weighted by Gasteiger charge is -2.27. The standard InChI is InChI=1S/C39H39N3O6/c1-45-34-16-6-7-17-35(34)46-21-20-42(22-26(43)24-47-36-18-8-14-32-38(36)28-10-2-4-12-30(28)40-32)23-27(44)25-48-37-19-9-15-33-39(37)29-11-3-5-13-31(29)41-33/h2-19,26-27,40-41,43-44H,20-25H2,1H3. The van der Waals surface area contributed by atoms with Crippen molar-refractivity contribution in [2.24, 2.45) is 0 Å². The Morgan fingerprint density at radius 1 is 0.542 bits per heavy atom. The zero-order valence-electron chi connectivity index (χ0n) is 26.8. The maximum absolute atomic E-state index is 11.2. The van der Waals surface area contributed by atoms with Gasteiger partial charge in [0, 0.05) is 52.2 Å². The van der Waals surface area contributed by atoms with Gasteiger partial charge < -0.3 is 39.1 Å². The number of aromatic amines is 2. The number of benzene rings is 5. The quantitative estimate of drug-likeness (QED) is 0.100. The Bertz CT molecular complexity index is 2010. The van der Waals surface area contributed by atoms with Gasteiger partial charge in [-0.2, -0.15) is 0 Å². The van der Waals surface area contributed by atoms with Gasteiger partial charge in [0.05, 0.1) is 18.1 Å². The molecule has 0 aliphatic rings. The maximum Gasteiger partial charge on any atom is 0.161 e. The second-order valence-electron chi connectivity index (χ2n) is 11.9. The molecule has 2 heterocycles. The Hall–Kier alpha value is -5.22. The van der Waals surface area contributed by atoms with E-state index in [4.69, 9.17) is 18.9 Å². The first-order valence-electron chi connectivity index (χ1n) is 16.2. The number of hydrogen-bond donors (Lipinski definition) is 4. The number of methoxy groups -OCH3 is 1. The highest BCUT2D eigenvalue weighted by molar-refractivity contribution is 6.11. The van der Waals surface area contributed by atoms with Crippen molar-refractivity contribution in [3.8, 4) is 23.0 Å². The summed E-state index contributed by atoms with van der Waals surface area (Å²) in [6.07, 6.45) is -1.66. The van der Waals surface area contributed by atoms with Gasteiger partial charge in [-0.25, -0.2) is 0 Å². The number of nitrogens with one attached hydrogen (secondary N) is 2. The number of rotatable bonds is 15. The van der Waals surface area contributed by atoms with E-state index in [0.29, 0.717) is 36.1 Å². The van der Waals surface area contributed by atoms with E-state index in [2.05, 4.69) is 22.1 Å². The van der Waals surface area contributed by atoms with Crippen molar-refractivity contribution in [1.29, 1.82) is 0 Å². The van der Waals surface area contributed by atoms with E-state index in [1.54, 1.807) is 7.11 Å². The Morgan fingerprint density at radius 3 is 1.54 bits per heavy atom. The molecule has 9 nitrogen and oxygen atoms in total. The summed E-state index contributed by atoms with van der Waals surface area (Å²) in [4.78, 5) is 8.83. The molecule has 0 bridgehead atoms. The fourth-order valence-corrected chi connectivity index (χ4v) is 6.33. The molecule has 9 heteroatoms. The van der Waals surface area contributed by atoms with E-state index in [0.717, 1.165) is 43.6 Å². The van der Waals surface area contributed by atoms with Crippen LogP contribution in [-0.4, -0.2) is 83.9 Å². The minimum Gasteiger partial charge on any atom is -0.493 e. The average molecular weight is 646 g/mol. The minimum absolute atomic E-state index is 0.0810. The first-order valence-corrected chi connectivity index (χ1v) is 16.2. The molecule has 4 N–H and O–H groups in total. The van der Waals surface area contributed by atoms with Crippen LogP contribution in [0.1, 0.15) is 0 Å². The number of hydrogen-bond acceptors (Lipinski definition) is 7. The summed E-state index contributed by atoms with van der Waals surface area (Å²) in [6, 6.07) is 35.4. The van der Waals surface area contributed by atoms with Crippen LogP contribution in [0.25, 0.3) is 43.6 Å². The first-order chi connectivity index (χ1) is 23.6. The topological polar surface area (TPSA) is 112 Å². The highest BCUT2D eigenvalue weighted by atomic mass is 16.5. The number of aliphatic hydroxyl groups is 2. The zero-order valence-corrected chi connectivity index (χ0v) is 26.8. The minimum atomic E-state index is -0.829. The fourth-order valence-electron chi connectivity index (χ4n) is 6.33. The number of aliphatic hydroxyl groups excluding tert-OH is 2. The molecule has 7 aromatic rings. The molecule has 0 saturated heterocycles. The van der Waals surface area contributed by atoms with Crippen LogP contribution in [0, 0.1) is 0 Å². The van der Waals surface area contributed by atoms with Gasteiger partial charge in [0.25, 0.3) is 0 Å². The molecule has 0 amide bonds. The van der Waals surface area contributed by atoms with E-state index in [1.807, 2.05) is 102 Å². The molecule has 2 atom stereocenters. The second kappa shape index (κ2) is 14.3. The van der Waals surface area contributed by atoms with Crippen molar-refractivity contribution >= 4 is 43.6 Å². The van der Waals surface area contributed by atoms with Gasteiger partial charge in [0.2, 0.25) is 0 Å². The number of ether oxygens (including phenoxy) is 4. The van der Waals surface area contributed by atoms with Gasteiger partial charge in [0.1, 0.15) is 43.5 Å². The van der Waals surface area contributed by atoms with E-state index < -0.39 is 12.2 Å². The average Bonchev–Trinajstić information content (AvgIpc) is 3.69. The van der Waals surface area contributed by atoms with Crippen LogP contribution in [0.2, 0.25) is 0 Å². The Morgan fingerprint density at radius 2 is 1.00 bits per heavy atom. The zero-order chi connectivity index (χ0) is 32.9. The van der Waals surface area contributed by atoms with E-state index in [-0.39, 0.29) is 26.3 Å². The summed E-state index contributed by atoms with van der Waals surface area (Å²) in [7, 11) is 1.61. The van der Waals surface area contributed by atoms with E-state index in [9.17, 15) is 10.2 Å². The van der Waals surface area contributed by atoms with Crippen LogP contribution in [0.15, 0.2) is 109 Å². The molecule has 5 aromatic carbocycles. The van der Waals surface area contributed by atoms with Gasteiger partial charge in [-0.3, -0.25) is 4.90 Å². The van der Waals surface area contributed by atoms with Crippen molar-refractivity contribution in [3.63, 3.8) is 0 Å². The Kier molecular flexibility index (Phi) is 9.33. The van der Waals surface area contributed by atoms with Gasteiger partial charge >= 0.3 is 0 Å². The fraction of sp³-hybridized carbons (Fsp3) is 0.231. The van der Waals surface area contributed by atoms with Crippen LogP contribution in [0.3, 0.4) is 0 Å². The van der Waals surface area contributed by atoms with Crippen molar-refractivity contribution in [2.45, 2.75) is 12.2 Å². The molecule has 2 aromatic heterocycles. The number of H-pyrrole nitrogens is 2. The molecule has 7 rings (SSSR count). The SMILES string of the molecule is COc1ccccc1OCCN(CC(O)COc1cccc2[nH]c3ccccc3c12)CC(O)COc1cccc2[nH]c3ccccc3c12. The monoisotopic (exact) mass is 645 g/mol. The van der Waals surface area contributed by atoms with E-state index in [1.165, 1.54) is 0 Å². The largest absolute Gasteiger partial charge is 0.493 e. The third kappa shape index (κ3) is 6.75. The smallest absolute Gasteiger partial charge is 0.161 e. The van der Waals surface area contributed by atoms with Crippen molar-refractivity contribution in [3.05, 3.63) is 109 Å². The molecule has 48 heavy (non-hydrogen) atoms. The molecule has 0 spiro atoms. The number of nitrogens with zero attached hydrogens (tertiary/aromatic N) is 1. The van der Waals surface area contributed by atoms with E-state index >= 15 is 0 Å². The molecule has 0 aliphatic carbocycles. The van der Waals surface area contributed by atoms with Gasteiger partial charge in [0.15, 0.2) is 11.5 Å². The third-order valence-corrected chi connectivity index (χ3v) is 8.52. The lowest BCUT2D eigenvalue weighted by atomic mass is 10.1. The van der Waals surface area contributed by atoms with Gasteiger partial charge in [-0.1, -0.05) is 60.7 Å². The summed E-state index contributed by atoms with van der Waals surface area (Å²) in [5, 5.41) is 26.5. The molecular formula is C39H39N3O6. The summed E-state index contributed by atoms with van der Waals surface area (Å²) in [6.45, 7) is 1.45. The molecule has 0 saturated carbocycles. The van der Waals surface area contributed by atoms with Crippen LogP contribution in [0.4, 0.5) is 0 Å². The van der Waals surface area contributed by atoms with Crippen molar-refractivity contribution in [1.82, 2.24) is 14.9 Å². The Labute approximate surface area is 278 Å². The summed E-state index contributed by atoms with van der Waals surface area (Å²) >= 11 is 0. The third-order valence-electron chi connectivity index (χ3n) is 8.52. The number of fused-ring (bicyclic) bond motifs is 6. The maximum atomic E-state index is 11.2.